The summed E-state index contributed by atoms with van der Waals surface area (Å²) in [7, 11) is -3.89. The number of halogens is 1. The Morgan fingerprint density at radius 2 is 2.05 bits per heavy atom. The summed E-state index contributed by atoms with van der Waals surface area (Å²) in [6, 6.07) is 7.47. The highest BCUT2D eigenvalue weighted by Gasteiger charge is 2.31. The molecule has 2 aromatic rings. The monoisotopic (exact) mass is 328 g/mol. The fourth-order valence-corrected chi connectivity index (χ4v) is 3.44. The fraction of sp³-hybridized carbons (Fsp3) is 0.231. The normalized spacial score (nSPS) is 12.9. The van der Waals surface area contributed by atoms with Gasteiger partial charge in [-0.25, -0.2) is 8.42 Å². The molecule has 0 spiro atoms. The van der Waals surface area contributed by atoms with Gasteiger partial charge in [0.25, 0.3) is 0 Å². The third-order valence-corrected chi connectivity index (χ3v) is 5.41. The van der Waals surface area contributed by atoms with Gasteiger partial charge in [0.05, 0.1) is 15.6 Å². The Bertz CT molecular complexity index is 770. The molecule has 0 fully saturated rings. The van der Waals surface area contributed by atoms with E-state index in [9.17, 15) is 13.2 Å². The van der Waals surface area contributed by atoms with Crippen molar-refractivity contribution in [3.05, 3.63) is 41.0 Å². The first-order valence-electron chi connectivity index (χ1n) is 6.05. The zero-order valence-corrected chi connectivity index (χ0v) is 12.9. The van der Waals surface area contributed by atoms with Crippen LogP contribution in [0.1, 0.15) is 12.6 Å². The first-order chi connectivity index (χ1) is 9.82. The second-order valence-corrected chi connectivity index (χ2v) is 7.08. The standard InChI is InChI=1S/C13H13ClN2O4S/c1-8-7-12(20-16-8)15-13(17)9(2)21(18,19)11-6-4-3-5-10(11)14/h3-7,9H,1-2H3,(H,15,17). The van der Waals surface area contributed by atoms with Crippen LogP contribution in [0.4, 0.5) is 5.88 Å². The highest BCUT2D eigenvalue weighted by atomic mass is 35.5. The van der Waals surface area contributed by atoms with Crippen LogP contribution in [0.2, 0.25) is 5.02 Å². The lowest BCUT2D eigenvalue weighted by atomic mass is 10.4. The molecule has 0 aliphatic carbocycles. The van der Waals surface area contributed by atoms with Crippen LogP contribution in [0.15, 0.2) is 39.8 Å². The Balaban J connectivity index is 2.24. The fourth-order valence-electron chi connectivity index (χ4n) is 1.65. The van der Waals surface area contributed by atoms with Gasteiger partial charge in [0, 0.05) is 6.07 Å². The minimum absolute atomic E-state index is 0.0765. The molecule has 1 amide bonds. The van der Waals surface area contributed by atoms with Crippen molar-refractivity contribution in [2.75, 3.05) is 5.32 Å². The smallest absolute Gasteiger partial charge is 0.245 e. The van der Waals surface area contributed by atoms with Crippen molar-refractivity contribution < 1.29 is 17.7 Å². The molecule has 1 unspecified atom stereocenters. The molecule has 0 bridgehead atoms. The summed E-state index contributed by atoms with van der Waals surface area (Å²) in [6.45, 7) is 2.97. The number of nitrogens with zero attached hydrogens (tertiary/aromatic N) is 1. The number of aromatic nitrogens is 1. The molecular weight excluding hydrogens is 316 g/mol. The Hall–Kier alpha value is -1.86. The number of carbonyl (C=O) groups is 1. The maximum Gasteiger partial charge on any atom is 0.245 e. The Morgan fingerprint density at radius 3 is 2.62 bits per heavy atom. The molecule has 0 aliphatic heterocycles. The van der Waals surface area contributed by atoms with Crippen LogP contribution in [0.5, 0.6) is 0 Å². The van der Waals surface area contributed by atoms with Gasteiger partial charge in [-0.05, 0) is 26.0 Å². The molecule has 6 nitrogen and oxygen atoms in total. The van der Waals surface area contributed by atoms with Crippen LogP contribution in [0, 0.1) is 6.92 Å². The second-order valence-electron chi connectivity index (χ2n) is 4.44. The number of aryl methyl sites for hydroxylation is 1. The number of rotatable bonds is 4. The van der Waals surface area contributed by atoms with Gasteiger partial charge in [0.2, 0.25) is 11.8 Å². The number of anilines is 1. The molecule has 1 aromatic heterocycles. The van der Waals surface area contributed by atoms with Crippen LogP contribution >= 0.6 is 11.6 Å². The highest BCUT2D eigenvalue weighted by molar-refractivity contribution is 7.93. The number of nitrogens with one attached hydrogen (secondary N) is 1. The van der Waals surface area contributed by atoms with Crippen LogP contribution in [-0.4, -0.2) is 24.7 Å². The predicted molar refractivity (Wildman–Crippen MR) is 78.0 cm³/mol. The minimum Gasteiger partial charge on any atom is -0.338 e. The van der Waals surface area contributed by atoms with E-state index >= 15 is 0 Å². The molecule has 1 heterocycles. The van der Waals surface area contributed by atoms with Crippen molar-refractivity contribution in [1.29, 1.82) is 0 Å². The maximum atomic E-state index is 12.4. The van der Waals surface area contributed by atoms with E-state index in [-0.39, 0.29) is 15.8 Å². The minimum atomic E-state index is -3.89. The molecule has 1 atom stereocenters. The van der Waals surface area contributed by atoms with Gasteiger partial charge in [0.1, 0.15) is 5.25 Å². The van der Waals surface area contributed by atoms with Crippen molar-refractivity contribution in [3.63, 3.8) is 0 Å². The lowest BCUT2D eigenvalue weighted by Gasteiger charge is -2.13. The summed E-state index contributed by atoms with van der Waals surface area (Å²) >= 11 is 5.88. The summed E-state index contributed by atoms with van der Waals surface area (Å²) in [4.78, 5) is 12.0. The molecule has 0 radical (unpaired) electrons. The highest BCUT2D eigenvalue weighted by Crippen LogP contribution is 2.25. The lowest BCUT2D eigenvalue weighted by molar-refractivity contribution is -0.115. The third-order valence-electron chi connectivity index (χ3n) is 2.85. The topological polar surface area (TPSA) is 89.3 Å². The van der Waals surface area contributed by atoms with Crippen molar-refractivity contribution >= 4 is 33.2 Å². The SMILES string of the molecule is Cc1cc(NC(=O)C(C)S(=O)(=O)c2ccccc2Cl)on1. The summed E-state index contributed by atoms with van der Waals surface area (Å²) in [5, 5.41) is 4.73. The van der Waals surface area contributed by atoms with E-state index in [0.717, 1.165) is 0 Å². The van der Waals surface area contributed by atoms with Crippen LogP contribution in [0.25, 0.3) is 0 Å². The van der Waals surface area contributed by atoms with E-state index in [0.29, 0.717) is 5.69 Å². The summed E-state index contributed by atoms with van der Waals surface area (Å²) in [6.07, 6.45) is 0. The van der Waals surface area contributed by atoms with Crippen LogP contribution in [0.3, 0.4) is 0 Å². The summed E-state index contributed by atoms with van der Waals surface area (Å²) in [5.74, 6) is -0.621. The molecule has 1 N–H and O–H groups in total. The van der Waals surface area contributed by atoms with Gasteiger partial charge in [-0.2, -0.15) is 0 Å². The first-order valence-corrected chi connectivity index (χ1v) is 7.97. The van der Waals surface area contributed by atoms with Crippen molar-refractivity contribution in [1.82, 2.24) is 5.16 Å². The van der Waals surface area contributed by atoms with E-state index in [2.05, 4.69) is 10.5 Å². The van der Waals surface area contributed by atoms with E-state index < -0.39 is 21.0 Å². The molecule has 0 saturated carbocycles. The molecule has 8 heteroatoms. The first kappa shape index (κ1) is 15.5. The average molecular weight is 329 g/mol. The van der Waals surface area contributed by atoms with Gasteiger partial charge in [-0.15, -0.1) is 0 Å². The van der Waals surface area contributed by atoms with Gasteiger partial charge < -0.3 is 4.52 Å². The van der Waals surface area contributed by atoms with Crippen molar-refractivity contribution in [2.24, 2.45) is 0 Å². The zero-order chi connectivity index (χ0) is 15.6. The van der Waals surface area contributed by atoms with Crippen LogP contribution < -0.4 is 5.32 Å². The van der Waals surface area contributed by atoms with Crippen molar-refractivity contribution in [2.45, 2.75) is 24.0 Å². The largest absolute Gasteiger partial charge is 0.338 e. The number of benzene rings is 1. The van der Waals surface area contributed by atoms with Gasteiger partial charge >= 0.3 is 0 Å². The lowest BCUT2D eigenvalue weighted by Crippen LogP contribution is -2.32. The Morgan fingerprint density at radius 1 is 1.38 bits per heavy atom. The predicted octanol–water partition coefficient (Wildman–Crippen LogP) is 2.44. The Labute approximate surface area is 127 Å². The molecule has 0 aliphatic rings. The number of amides is 1. The average Bonchev–Trinajstić information content (AvgIpc) is 2.83. The molecular formula is C13H13ClN2O4S. The number of carbonyl (C=O) groups excluding carboxylic acids is 1. The number of hydrogen-bond donors (Lipinski definition) is 1. The molecule has 21 heavy (non-hydrogen) atoms. The molecule has 1 aromatic carbocycles. The Kier molecular flexibility index (Phi) is 4.34. The maximum absolute atomic E-state index is 12.4. The quantitative estimate of drug-likeness (QED) is 0.931. The van der Waals surface area contributed by atoms with Crippen LogP contribution in [-0.2, 0) is 14.6 Å². The summed E-state index contributed by atoms with van der Waals surface area (Å²) in [5.41, 5.74) is 0.576. The number of hydrogen-bond acceptors (Lipinski definition) is 5. The molecule has 0 saturated heterocycles. The second kappa shape index (κ2) is 5.87. The van der Waals surface area contributed by atoms with E-state index in [1.165, 1.54) is 25.1 Å². The van der Waals surface area contributed by atoms with E-state index in [4.69, 9.17) is 16.1 Å². The zero-order valence-electron chi connectivity index (χ0n) is 11.3. The van der Waals surface area contributed by atoms with Crippen molar-refractivity contribution in [3.8, 4) is 0 Å². The van der Waals surface area contributed by atoms with Gasteiger partial charge in [-0.3, -0.25) is 10.1 Å². The van der Waals surface area contributed by atoms with Gasteiger partial charge in [0.15, 0.2) is 9.84 Å². The summed E-state index contributed by atoms with van der Waals surface area (Å²) < 4.78 is 29.6. The molecule has 112 valence electrons. The molecule has 2 rings (SSSR count). The third kappa shape index (κ3) is 3.25. The van der Waals surface area contributed by atoms with E-state index in [1.807, 2.05) is 0 Å². The van der Waals surface area contributed by atoms with E-state index in [1.54, 1.807) is 19.1 Å². The number of sulfone groups is 1. The van der Waals surface area contributed by atoms with Gasteiger partial charge in [-0.1, -0.05) is 28.9 Å².